The number of unbranched alkanes of at least 4 members (excludes halogenated alkanes) is 3. The molecule has 0 radical (unpaired) electrons. The lowest BCUT2D eigenvalue weighted by atomic mass is 10.2. The molecule has 298 valence electrons. The minimum atomic E-state index is -3.65. The highest BCUT2D eigenvalue weighted by molar-refractivity contribution is 7.87. The summed E-state index contributed by atoms with van der Waals surface area (Å²) in [6.45, 7) is 11.5. The van der Waals surface area contributed by atoms with Gasteiger partial charge in [0.05, 0.1) is 5.52 Å². The topological polar surface area (TPSA) is 192 Å². The average molecular weight is 768 g/mol. The minimum Gasteiger partial charge on any atom is -0.444 e. The largest absolute Gasteiger partial charge is 0.444 e. The van der Waals surface area contributed by atoms with Gasteiger partial charge in [-0.2, -0.15) is 12.7 Å². The van der Waals surface area contributed by atoms with Gasteiger partial charge in [-0.3, -0.25) is 19.0 Å². The zero-order valence-electron chi connectivity index (χ0n) is 32.5. The fourth-order valence-electron chi connectivity index (χ4n) is 5.50. The van der Waals surface area contributed by atoms with E-state index in [1.54, 1.807) is 44.5 Å². The number of carbonyl (C=O) groups is 4. The van der Waals surface area contributed by atoms with E-state index in [-0.39, 0.29) is 53.3 Å². The van der Waals surface area contributed by atoms with Gasteiger partial charge in [0.1, 0.15) is 29.5 Å². The maximum absolute atomic E-state index is 13.3. The van der Waals surface area contributed by atoms with E-state index in [2.05, 4.69) is 33.3 Å². The first kappa shape index (κ1) is 44.9. The Labute approximate surface area is 312 Å². The Morgan fingerprint density at radius 3 is 2.40 bits per heavy atom. The number of hydrogen-bond donors (Lipinski definition) is 4. The van der Waals surface area contributed by atoms with Gasteiger partial charge in [-0.25, -0.2) is 18.7 Å². The first-order valence-electron chi connectivity index (χ1n) is 18.0. The second-order valence-electron chi connectivity index (χ2n) is 14.4. The number of nitrogens with one attached hydrogen (secondary N) is 4. The molecular weight excluding hydrogens is 710 g/mol. The Balaban J connectivity index is 0.000000279. The summed E-state index contributed by atoms with van der Waals surface area (Å²) in [5.41, 5.74) is 0.0297. The van der Waals surface area contributed by atoms with Crippen molar-refractivity contribution in [2.45, 2.75) is 104 Å². The van der Waals surface area contributed by atoms with Gasteiger partial charge in [0.2, 0.25) is 17.7 Å². The molecular formula is C36H58FN7O8S. The summed E-state index contributed by atoms with van der Waals surface area (Å²) < 4.78 is 45.9. The van der Waals surface area contributed by atoms with E-state index in [0.717, 1.165) is 23.6 Å². The zero-order valence-corrected chi connectivity index (χ0v) is 33.3. The lowest BCUT2D eigenvalue weighted by Crippen LogP contribution is -2.48. The van der Waals surface area contributed by atoms with Crippen LogP contribution in [0.3, 0.4) is 0 Å². The molecule has 1 aromatic carbocycles. The highest BCUT2D eigenvalue weighted by atomic mass is 32.2. The number of aromatic nitrogens is 2. The number of ether oxygens (including phenoxy) is 1. The lowest BCUT2D eigenvalue weighted by molar-refractivity contribution is -0.137. The van der Waals surface area contributed by atoms with Gasteiger partial charge in [-0.05, 0) is 84.8 Å². The van der Waals surface area contributed by atoms with E-state index >= 15 is 0 Å². The van der Waals surface area contributed by atoms with Crippen LogP contribution in [0.5, 0.6) is 0 Å². The third-order valence-electron chi connectivity index (χ3n) is 8.37. The minimum absolute atomic E-state index is 0.0260. The monoisotopic (exact) mass is 767 g/mol. The number of rotatable bonds is 12. The number of aromatic amines is 1. The number of imidazole rings is 1. The number of hydrogen-bond acceptors (Lipinski definition) is 8. The summed E-state index contributed by atoms with van der Waals surface area (Å²) in [5.74, 6) is -1.21. The molecule has 4 rings (SSSR count). The van der Waals surface area contributed by atoms with Crippen molar-refractivity contribution in [1.29, 1.82) is 0 Å². The second-order valence-corrected chi connectivity index (χ2v) is 16.3. The fourth-order valence-corrected chi connectivity index (χ4v) is 6.09. The molecule has 1 aliphatic heterocycles. The van der Waals surface area contributed by atoms with Crippen LogP contribution in [0.25, 0.3) is 11.0 Å². The molecule has 2 fully saturated rings. The third kappa shape index (κ3) is 14.2. The van der Waals surface area contributed by atoms with Crippen molar-refractivity contribution in [2.75, 3.05) is 34.2 Å². The van der Waals surface area contributed by atoms with Gasteiger partial charge in [0.15, 0.2) is 0 Å². The molecule has 2 heterocycles. The van der Waals surface area contributed by atoms with Crippen molar-refractivity contribution in [2.24, 2.45) is 11.8 Å². The number of halogens is 1. The molecule has 2 aromatic rings. The smallest absolute Gasteiger partial charge is 0.408 e. The number of H-pyrrole nitrogens is 1. The predicted molar refractivity (Wildman–Crippen MR) is 202 cm³/mol. The van der Waals surface area contributed by atoms with Crippen LogP contribution in [0, 0.1) is 17.7 Å². The number of amides is 4. The summed E-state index contributed by atoms with van der Waals surface area (Å²) in [7, 11) is 0.688. The van der Waals surface area contributed by atoms with E-state index in [0.29, 0.717) is 18.5 Å². The predicted octanol–water partition coefficient (Wildman–Crippen LogP) is 3.98. The van der Waals surface area contributed by atoms with Gasteiger partial charge >= 0.3 is 22.0 Å². The number of likely N-dealkylation sites (tertiary alicyclic amines) is 1. The van der Waals surface area contributed by atoms with Crippen molar-refractivity contribution in [3.63, 3.8) is 0 Å². The number of alkyl carbamates (subject to hydrolysis) is 1. The number of fused-ring (bicyclic) bond motifs is 1. The van der Waals surface area contributed by atoms with Crippen molar-refractivity contribution >= 4 is 45.1 Å². The van der Waals surface area contributed by atoms with Crippen LogP contribution in [0.4, 0.5) is 9.18 Å². The zero-order chi connectivity index (χ0) is 40.1. The molecule has 0 spiro atoms. The third-order valence-corrected chi connectivity index (χ3v) is 9.79. The van der Waals surface area contributed by atoms with Crippen molar-refractivity contribution in [3.05, 3.63) is 46.7 Å². The summed E-state index contributed by atoms with van der Waals surface area (Å²) in [6, 6.07) is 4.26. The Bertz CT molecular complexity index is 1750. The maximum atomic E-state index is 13.3. The first-order chi connectivity index (χ1) is 24.7. The normalized spacial score (nSPS) is 18.3. The molecule has 0 bridgehead atoms. The van der Waals surface area contributed by atoms with Crippen LogP contribution in [0.15, 0.2) is 35.1 Å². The summed E-state index contributed by atoms with van der Waals surface area (Å²) in [5, 5.41) is 4.95. The average Bonchev–Trinajstić information content (AvgIpc) is 3.51. The summed E-state index contributed by atoms with van der Waals surface area (Å²) in [6.07, 6.45) is 10.3. The fraction of sp³-hybridized carbons (Fsp3) is 0.639. The Hall–Kier alpha value is -4.25. The molecule has 4 amide bonds. The molecule has 2 aliphatic rings. The van der Waals surface area contributed by atoms with Gasteiger partial charge in [0, 0.05) is 39.6 Å². The molecule has 1 saturated heterocycles. The first-order valence-corrected chi connectivity index (χ1v) is 19.4. The number of allylic oxidation sites excluding steroid dienone is 2. The quantitative estimate of drug-likeness (QED) is 0.184. The van der Waals surface area contributed by atoms with E-state index < -0.39 is 33.9 Å². The van der Waals surface area contributed by atoms with Crippen LogP contribution in [-0.4, -0.2) is 96.9 Å². The van der Waals surface area contributed by atoms with Gasteiger partial charge in [0.25, 0.3) is 0 Å². The molecule has 3 unspecified atom stereocenters. The molecule has 1 saturated carbocycles. The Morgan fingerprint density at radius 1 is 1.13 bits per heavy atom. The van der Waals surface area contributed by atoms with Crippen LogP contribution >= 0.6 is 0 Å². The van der Waals surface area contributed by atoms with Crippen LogP contribution in [0.1, 0.15) is 92.5 Å². The Morgan fingerprint density at radius 2 is 1.81 bits per heavy atom. The van der Waals surface area contributed by atoms with E-state index in [1.807, 2.05) is 19.9 Å². The molecule has 1 aliphatic carbocycles. The van der Waals surface area contributed by atoms with Crippen LogP contribution < -0.4 is 21.0 Å². The maximum Gasteiger partial charge on any atom is 0.408 e. The number of nitrogens with zero attached hydrogens (tertiary/aromatic N) is 3. The van der Waals surface area contributed by atoms with E-state index in [9.17, 15) is 36.8 Å². The second kappa shape index (κ2) is 20.3. The molecule has 1 aromatic heterocycles. The molecule has 15 nitrogen and oxygen atoms in total. The van der Waals surface area contributed by atoms with E-state index in [1.165, 1.54) is 44.3 Å². The molecule has 4 N–H and O–H groups in total. The standard InChI is InChI=1S/C13H23N3O4.C13H24N2O3S.C10H11FN2O/c1-13(2,3)20-12(19)15-8-10(17)16-7-5-6-9(16)11(18)14-4;1-4-5-6-7-8-9-11-10-12(11)13(16)14-19(17,18)15(2)3;1-6(2)13-8-5-3-4-7(11)9(8)12-10(13)14/h9H,5-8H2,1-4H3,(H,14,18)(H,15,19);8-9,11-12H,4-7,10H2,1-3H3,(H,14,16);3-6H,1-2H3,(H,12,14)/b;9-8-;. The number of benzene rings is 1. The highest BCUT2D eigenvalue weighted by Crippen LogP contribution is 2.40. The van der Waals surface area contributed by atoms with Gasteiger partial charge < -0.3 is 25.3 Å². The Kier molecular flexibility index (Phi) is 17.2. The van der Waals surface area contributed by atoms with Crippen molar-refractivity contribution in [3.8, 4) is 0 Å². The van der Waals surface area contributed by atoms with Gasteiger partial charge in [-0.15, -0.1) is 0 Å². The number of likely N-dealkylation sites (N-methyl/N-ethyl adjacent to an activating group) is 1. The van der Waals surface area contributed by atoms with Crippen LogP contribution in [-0.2, 0) is 29.3 Å². The van der Waals surface area contributed by atoms with Crippen molar-refractivity contribution < 1.29 is 36.7 Å². The lowest BCUT2D eigenvalue weighted by Gasteiger charge is -2.24. The SMILES string of the molecule is CC(C)n1c(=O)[nH]c2c(F)cccc21.CCCCC/C=C\C1CC1C(=O)NS(=O)(=O)N(C)C.CNC(=O)C1CCCN1C(=O)CNC(=O)OC(C)(C)C. The van der Waals surface area contributed by atoms with Gasteiger partial charge in [-0.1, -0.05) is 38.0 Å². The molecule has 3 atom stereocenters. The molecule has 17 heteroatoms. The molecule has 53 heavy (non-hydrogen) atoms. The summed E-state index contributed by atoms with van der Waals surface area (Å²) >= 11 is 0. The summed E-state index contributed by atoms with van der Waals surface area (Å²) in [4.78, 5) is 62.3. The highest BCUT2D eigenvalue weighted by Gasteiger charge is 2.42. The van der Waals surface area contributed by atoms with E-state index in [4.69, 9.17) is 4.74 Å². The number of para-hydroxylation sites is 1. The van der Waals surface area contributed by atoms with Crippen LogP contribution in [0.2, 0.25) is 0 Å². The number of carbonyl (C=O) groups excluding carboxylic acids is 4. The van der Waals surface area contributed by atoms with Crippen molar-refractivity contribution in [1.82, 2.24) is 34.1 Å².